The Kier molecular flexibility index (Phi) is 11.3. The number of hydrogen-bond acceptors (Lipinski definition) is 6. The van der Waals surface area contributed by atoms with Gasteiger partial charge in [-0.15, -0.1) is 0 Å². The van der Waals surface area contributed by atoms with Crippen molar-refractivity contribution in [2.75, 3.05) is 55.2 Å². The number of nitrogens with one attached hydrogen (secondary N) is 2. The number of urea groups is 1. The van der Waals surface area contributed by atoms with E-state index in [1.54, 1.807) is 0 Å². The van der Waals surface area contributed by atoms with Gasteiger partial charge in [-0.25, -0.2) is 9.79 Å². The summed E-state index contributed by atoms with van der Waals surface area (Å²) in [4.78, 5) is 41.6. The van der Waals surface area contributed by atoms with Gasteiger partial charge in [0.1, 0.15) is 6.04 Å². The van der Waals surface area contributed by atoms with Crippen LogP contribution in [0.2, 0.25) is 0 Å². The molecule has 3 aromatic rings. The first kappa shape index (κ1) is 36.2. The van der Waals surface area contributed by atoms with Crippen LogP contribution in [0.3, 0.4) is 0 Å². The van der Waals surface area contributed by atoms with Gasteiger partial charge in [0.25, 0.3) is 0 Å². The molecule has 7 rings (SSSR count). The summed E-state index contributed by atoms with van der Waals surface area (Å²) in [6, 6.07) is 19.3. The molecule has 3 saturated heterocycles. The zero-order valence-electron chi connectivity index (χ0n) is 29.2. The molecular weight excluding hydrogens is 786 g/mol. The molecule has 4 heterocycles. The number of hydrogen-bond donors (Lipinski definition) is 3. The number of likely N-dealkylation sites (tertiary alicyclic amines) is 3. The van der Waals surface area contributed by atoms with Gasteiger partial charge in [-0.05, 0) is 113 Å². The molecule has 0 spiro atoms. The minimum absolute atomic E-state index is 0.0364. The van der Waals surface area contributed by atoms with Crippen LogP contribution >= 0.6 is 31.9 Å². The largest absolute Gasteiger partial charge is 0.397 e. The molecule has 0 unspecified atom stereocenters. The third-order valence-corrected chi connectivity index (χ3v) is 12.3. The van der Waals surface area contributed by atoms with Crippen molar-refractivity contribution in [1.82, 2.24) is 20.0 Å². The van der Waals surface area contributed by atoms with Crippen LogP contribution in [0.1, 0.15) is 50.5 Å². The van der Waals surface area contributed by atoms with Gasteiger partial charge in [0, 0.05) is 64.8 Å². The number of fused-ring (bicyclic) bond motifs is 3. The maximum absolute atomic E-state index is 14.4. The van der Waals surface area contributed by atoms with E-state index < -0.39 is 6.04 Å². The zero-order valence-corrected chi connectivity index (χ0v) is 32.4. The molecule has 11 nitrogen and oxygen atoms in total. The summed E-state index contributed by atoms with van der Waals surface area (Å²) in [7, 11) is 0. The van der Waals surface area contributed by atoms with Crippen molar-refractivity contribution in [3.05, 3.63) is 75.2 Å². The Morgan fingerprint density at radius 1 is 0.885 bits per heavy atom. The maximum Gasteiger partial charge on any atom is 0.326 e. The van der Waals surface area contributed by atoms with E-state index in [9.17, 15) is 14.9 Å². The molecule has 3 fully saturated rings. The highest BCUT2D eigenvalue weighted by Gasteiger charge is 2.36. The summed E-state index contributed by atoms with van der Waals surface area (Å²) in [6.45, 7) is 4.79. The maximum atomic E-state index is 14.4. The molecule has 0 aromatic heterocycles. The van der Waals surface area contributed by atoms with Crippen molar-refractivity contribution in [3.8, 4) is 17.3 Å². The molecule has 4 aliphatic rings. The molecule has 0 saturated carbocycles. The third kappa shape index (κ3) is 7.80. The van der Waals surface area contributed by atoms with Gasteiger partial charge in [0.05, 0.1) is 17.1 Å². The van der Waals surface area contributed by atoms with Crippen molar-refractivity contribution in [2.45, 2.75) is 69.5 Å². The third-order valence-electron chi connectivity index (χ3n) is 11.0. The molecule has 0 aliphatic carbocycles. The summed E-state index contributed by atoms with van der Waals surface area (Å²) in [5, 5.41) is 15.8. The first-order valence-electron chi connectivity index (χ1n) is 18.3. The summed E-state index contributed by atoms with van der Waals surface area (Å²) >= 11 is 7.12. The number of piperidine rings is 3. The highest BCUT2D eigenvalue weighted by Crippen LogP contribution is 2.40. The lowest BCUT2D eigenvalue weighted by molar-refractivity contribution is -0.134. The number of carbonyl (C=O) groups excluding carboxylic acids is 2. The van der Waals surface area contributed by atoms with Crippen molar-refractivity contribution in [1.29, 1.82) is 5.26 Å². The molecule has 0 radical (unpaired) electrons. The van der Waals surface area contributed by atoms with Crippen LogP contribution in [0.4, 0.5) is 21.9 Å². The second-order valence-electron chi connectivity index (χ2n) is 14.1. The van der Waals surface area contributed by atoms with Crippen molar-refractivity contribution in [3.63, 3.8) is 0 Å². The van der Waals surface area contributed by atoms with Crippen LogP contribution in [0.25, 0.3) is 11.1 Å². The normalized spacial score (nSPS) is 19.6. The number of guanidine groups is 1. The number of anilines is 3. The number of aliphatic imine (C=N–C) groups is 1. The SMILES string of the molecule is N#CNC(=N[C@@H](Cc1cc(Br)c(N)c(Br)c1)C(=O)N1CCC(N2CCCCC2)CC1)N1CCC(N2C(=O)Nc3ccccc3-c3ccccc32)CC1. The lowest BCUT2D eigenvalue weighted by atomic mass is 9.98. The fourth-order valence-electron chi connectivity index (χ4n) is 8.22. The predicted molar refractivity (Wildman–Crippen MR) is 213 cm³/mol. The van der Waals surface area contributed by atoms with Crippen molar-refractivity contribution in [2.24, 2.45) is 4.99 Å². The molecule has 4 N–H and O–H groups in total. The van der Waals surface area contributed by atoms with Gasteiger partial charge >= 0.3 is 6.03 Å². The van der Waals surface area contributed by atoms with Gasteiger partial charge in [-0.3, -0.25) is 15.0 Å². The van der Waals surface area contributed by atoms with E-state index in [-0.39, 0.29) is 18.0 Å². The first-order chi connectivity index (χ1) is 25.3. The van der Waals surface area contributed by atoms with E-state index >= 15 is 0 Å². The van der Waals surface area contributed by atoms with Gasteiger partial charge in [0.2, 0.25) is 11.9 Å². The lowest BCUT2D eigenvalue weighted by Crippen LogP contribution is -2.53. The fourth-order valence-corrected chi connectivity index (χ4v) is 9.51. The molecular formula is C39H45Br2N9O2. The van der Waals surface area contributed by atoms with E-state index in [0.717, 1.165) is 62.9 Å². The van der Waals surface area contributed by atoms with E-state index in [1.165, 1.54) is 19.3 Å². The molecule has 1 atom stereocenters. The summed E-state index contributed by atoms with van der Waals surface area (Å²) in [6.07, 6.45) is 9.45. The van der Waals surface area contributed by atoms with Gasteiger partial charge in [0.15, 0.2) is 6.19 Å². The highest BCUT2D eigenvalue weighted by molar-refractivity contribution is 9.11. The minimum Gasteiger partial charge on any atom is -0.397 e. The van der Waals surface area contributed by atoms with Crippen LogP contribution in [-0.2, 0) is 11.2 Å². The highest BCUT2D eigenvalue weighted by atomic mass is 79.9. The Labute approximate surface area is 322 Å². The standard InChI is InChI=1S/C39H45Br2N9O2/c40-31-22-26(23-32(41)36(31)43)24-34(37(51)48-18-12-27(13-19-48)47-16-6-1-7-17-47)45-38(44-25-42)49-20-14-28(15-21-49)50-35-11-5-3-9-30(35)29-8-2-4-10-33(29)46-39(50)52/h2-5,8-11,22-23,27-28,34H,1,6-7,12-21,24,43H2,(H,44,45)(H,46,52)/t34-/m0/s1. The van der Waals surface area contributed by atoms with Crippen LogP contribution in [0.15, 0.2) is 74.6 Å². The summed E-state index contributed by atoms with van der Waals surface area (Å²) < 4.78 is 1.49. The Morgan fingerprint density at radius 3 is 2.19 bits per heavy atom. The number of benzene rings is 3. The zero-order chi connectivity index (χ0) is 36.2. The second kappa shape index (κ2) is 16.3. The van der Waals surface area contributed by atoms with Gasteiger partial charge in [-0.2, -0.15) is 5.26 Å². The second-order valence-corrected chi connectivity index (χ2v) is 15.8. The molecule has 4 aliphatic heterocycles. The Balaban J connectivity index is 1.11. The quantitative estimate of drug-likeness (QED) is 0.0820. The number of nitrogens with two attached hydrogens (primary N) is 1. The summed E-state index contributed by atoms with van der Waals surface area (Å²) in [5.41, 5.74) is 11.4. The fraction of sp³-hybridized carbons (Fsp3) is 0.436. The molecule has 3 aromatic carbocycles. The average molecular weight is 832 g/mol. The number of nitrogen functional groups attached to an aromatic ring is 1. The number of rotatable bonds is 6. The minimum atomic E-state index is -0.746. The van der Waals surface area contributed by atoms with E-state index in [2.05, 4.69) is 59.7 Å². The van der Waals surface area contributed by atoms with Crippen LogP contribution in [-0.4, -0.2) is 90.0 Å². The van der Waals surface area contributed by atoms with E-state index in [1.807, 2.05) is 69.3 Å². The topological polar surface area (TPSA) is 133 Å². The number of nitrogens with zero attached hydrogens (tertiary/aromatic N) is 6. The number of nitriles is 1. The lowest BCUT2D eigenvalue weighted by Gasteiger charge is -2.41. The Morgan fingerprint density at radius 2 is 1.50 bits per heavy atom. The number of carbonyl (C=O) groups is 2. The molecule has 3 amide bonds. The Hall–Kier alpha value is -4.12. The number of amides is 3. The monoisotopic (exact) mass is 829 g/mol. The first-order valence-corrected chi connectivity index (χ1v) is 19.9. The molecule has 13 heteroatoms. The Bertz CT molecular complexity index is 1840. The van der Waals surface area contributed by atoms with Crippen molar-refractivity contribution < 1.29 is 9.59 Å². The van der Waals surface area contributed by atoms with Gasteiger partial charge < -0.3 is 25.8 Å². The van der Waals surface area contributed by atoms with Crippen LogP contribution in [0.5, 0.6) is 0 Å². The van der Waals surface area contributed by atoms with Crippen molar-refractivity contribution >= 4 is 66.8 Å². The van der Waals surface area contributed by atoms with Gasteiger partial charge in [-0.1, -0.05) is 42.8 Å². The number of halogens is 2. The average Bonchev–Trinajstić information content (AvgIpc) is 3.30. The smallest absolute Gasteiger partial charge is 0.326 e. The van der Waals surface area contributed by atoms with E-state index in [4.69, 9.17) is 10.7 Å². The van der Waals surface area contributed by atoms with Crippen LogP contribution < -0.4 is 21.3 Å². The summed E-state index contributed by atoms with van der Waals surface area (Å²) in [5.74, 6) is 0.343. The van der Waals surface area contributed by atoms with E-state index in [0.29, 0.717) is 63.1 Å². The predicted octanol–water partition coefficient (Wildman–Crippen LogP) is 6.79. The number of para-hydroxylation sites is 2. The molecule has 52 heavy (non-hydrogen) atoms. The molecule has 272 valence electrons. The van der Waals surface area contributed by atoms with Crippen LogP contribution in [0, 0.1) is 11.5 Å². The molecule has 0 bridgehead atoms.